The number of rotatable bonds is 10. The summed E-state index contributed by atoms with van der Waals surface area (Å²) in [5, 5.41) is 0. The molecule has 0 N–H and O–H groups in total. The van der Waals surface area contributed by atoms with Crippen molar-refractivity contribution in [1.29, 1.82) is 0 Å². The first kappa shape index (κ1) is 20.9. The fourth-order valence-corrected chi connectivity index (χ4v) is 4.18. The van der Waals surface area contributed by atoms with Crippen molar-refractivity contribution in [3.63, 3.8) is 0 Å². The maximum atomic E-state index is 6.22. The van der Waals surface area contributed by atoms with E-state index in [9.17, 15) is 0 Å². The van der Waals surface area contributed by atoms with Gasteiger partial charge in [0.2, 0.25) is 0 Å². The fraction of sp³-hybridized carbons (Fsp3) is 0.520. The van der Waals surface area contributed by atoms with Gasteiger partial charge in [-0.25, -0.2) is 0 Å². The van der Waals surface area contributed by atoms with E-state index < -0.39 is 0 Å². The molecule has 1 heterocycles. The second-order valence-corrected chi connectivity index (χ2v) is 7.83. The SMILES string of the molecule is CCCCCN1CCC(CCOc2ccccc2-c2ccccc2)C(OC)C1. The summed E-state index contributed by atoms with van der Waals surface area (Å²) in [5.74, 6) is 1.55. The summed E-state index contributed by atoms with van der Waals surface area (Å²) in [6, 6.07) is 18.8. The lowest BCUT2D eigenvalue weighted by Crippen LogP contribution is -2.45. The number of unbranched alkanes of at least 4 members (excludes halogenated alkanes) is 2. The third-order valence-electron chi connectivity index (χ3n) is 5.88. The van der Waals surface area contributed by atoms with E-state index >= 15 is 0 Å². The molecular formula is C25H35NO2. The van der Waals surface area contributed by atoms with Crippen molar-refractivity contribution in [1.82, 2.24) is 4.90 Å². The monoisotopic (exact) mass is 381 g/mol. The van der Waals surface area contributed by atoms with Crippen LogP contribution in [-0.2, 0) is 4.74 Å². The number of likely N-dealkylation sites (tertiary alicyclic amines) is 1. The number of methoxy groups -OCH3 is 1. The van der Waals surface area contributed by atoms with Gasteiger partial charge in [0.25, 0.3) is 0 Å². The Bertz CT molecular complexity index is 688. The first-order chi connectivity index (χ1) is 13.8. The predicted octanol–water partition coefficient (Wildman–Crippen LogP) is 5.65. The molecular weight excluding hydrogens is 346 g/mol. The van der Waals surface area contributed by atoms with Crippen LogP contribution in [0, 0.1) is 5.92 Å². The summed E-state index contributed by atoms with van der Waals surface area (Å²) in [5.41, 5.74) is 2.37. The molecule has 1 fully saturated rings. The van der Waals surface area contributed by atoms with E-state index in [-0.39, 0.29) is 0 Å². The molecule has 2 aromatic rings. The molecule has 0 radical (unpaired) electrons. The summed E-state index contributed by atoms with van der Waals surface area (Å²) in [6.45, 7) is 6.46. The lowest BCUT2D eigenvalue weighted by Gasteiger charge is -2.37. The molecule has 0 amide bonds. The summed E-state index contributed by atoms with van der Waals surface area (Å²) in [7, 11) is 1.86. The zero-order chi connectivity index (χ0) is 19.6. The maximum Gasteiger partial charge on any atom is 0.127 e. The summed E-state index contributed by atoms with van der Waals surface area (Å²) in [6.07, 6.45) is 6.48. The highest BCUT2D eigenvalue weighted by atomic mass is 16.5. The number of ether oxygens (including phenoxy) is 2. The van der Waals surface area contributed by atoms with Crippen LogP contribution in [0.4, 0.5) is 0 Å². The van der Waals surface area contributed by atoms with Crippen LogP contribution < -0.4 is 4.74 Å². The molecule has 0 aliphatic carbocycles. The van der Waals surface area contributed by atoms with Crippen molar-refractivity contribution in [3.05, 3.63) is 54.6 Å². The molecule has 1 aliphatic rings. The maximum absolute atomic E-state index is 6.22. The smallest absolute Gasteiger partial charge is 0.127 e. The molecule has 2 aromatic carbocycles. The Morgan fingerprint density at radius 1 is 1.00 bits per heavy atom. The van der Waals surface area contributed by atoms with Crippen molar-refractivity contribution in [2.45, 2.75) is 45.1 Å². The second kappa shape index (κ2) is 11.2. The molecule has 1 aliphatic heterocycles. The van der Waals surface area contributed by atoms with E-state index in [0.717, 1.165) is 30.9 Å². The van der Waals surface area contributed by atoms with Crippen molar-refractivity contribution in [2.24, 2.45) is 5.92 Å². The van der Waals surface area contributed by atoms with Crippen LogP contribution in [0.5, 0.6) is 5.75 Å². The van der Waals surface area contributed by atoms with E-state index in [2.05, 4.69) is 60.4 Å². The standard InChI is InChI=1S/C25H35NO2/c1-3-4-10-17-26-18-15-22(25(20-26)27-2)16-19-28-24-14-9-8-13-23(24)21-11-6-5-7-12-21/h5-9,11-14,22,25H,3-4,10,15-20H2,1-2H3. The van der Waals surface area contributed by atoms with E-state index in [1.807, 2.05) is 13.2 Å². The highest BCUT2D eigenvalue weighted by Crippen LogP contribution is 2.30. The lowest BCUT2D eigenvalue weighted by molar-refractivity contribution is -0.0179. The van der Waals surface area contributed by atoms with Gasteiger partial charge in [-0.2, -0.15) is 0 Å². The van der Waals surface area contributed by atoms with Crippen LogP contribution in [0.15, 0.2) is 54.6 Å². The number of benzene rings is 2. The molecule has 2 atom stereocenters. The Morgan fingerprint density at radius 2 is 1.79 bits per heavy atom. The number of hydrogen-bond donors (Lipinski definition) is 0. The third kappa shape index (κ3) is 5.83. The molecule has 3 rings (SSSR count). The molecule has 28 heavy (non-hydrogen) atoms. The number of piperidine rings is 1. The zero-order valence-corrected chi connectivity index (χ0v) is 17.5. The van der Waals surface area contributed by atoms with Gasteiger partial charge in [-0.15, -0.1) is 0 Å². The van der Waals surface area contributed by atoms with Gasteiger partial charge in [0.15, 0.2) is 0 Å². The van der Waals surface area contributed by atoms with E-state index in [0.29, 0.717) is 12.0 Å². The fourth-order valence-electron chi connectivity index (χ4n) is 4.18. The van der Waals surface area contributed by atoms with Gasteiger partial charge in [-0.05, 0) is 49.9 Å². The Balaban J connectivity index is 1.51. The van der Waals surface area contributed by atoms with Crippen LogP contribution >= 0.6 is 0 Å². The van der Waals surface area contributed by atoms with Crippen LogP contribution in [0.25, 0.3) is 11.1 Å². The van der Waals surface area contributed by atoms with E-state index in [1.165, 1.54) is 44.3 Å². The molecule has 152 valence electrons. The molecule has 0 aromatic heterocycles. The Morgan fingerprint density at radius 3 is 2.57 bits per heavy atom. The number of nitrogens with zero attached hydrogens (tertiary/aromatic N) is 1. The van der Waals surface area contributed by atoms with Crippen molar-refractivity contribution < 1.29 is 9.47 Å². The number of hydrogen-bond acceptors (Lipinski definition) is 3. The van der Waals surface area contributed by atoms with Crippen molar-refractivity contribution in [3.8, 4) is 16.9 Å². The largest absolute Gasteiger partial charge is 0.493 e. The van der Waals surface area contributed by atoms with Crippen LogP contribution in [0.2, 0.25) is 0 Å². The summed E-state index contributed by atoms with van der Waals surface area (Å²) in [4.78, 5) is 2.58. The molecule has 0 saturated carbocycles. The van der Waals surface area contributed by atoms with Crippen molar-refractivity contribution >= 4 is 0 Å². The van der Waals surface area contributed by atoms with Crippen molar-refractivity contribution in [2.75, 3.05) is 33.4 Å². The average molecular weight is 382 g/mol. The first-order valence-corrected chi connectivity index (χ1v) is 10.8. The Kier molecular flexibility index (Phi) is 8.38. The van der Waals surface area contributed by atoms with Gasteiger partial charge < -0.3 is 14.4 Å². The third-order valence-corrected chi connectivity index (χ3v) is 5.88. The Labute approximate surface area is 170 Å². The van der Waals surface area contributed by atoms with Crippen LogP contribution in [0.1, 0.15) is 39.0 Å². The molecule has 0 spiro atoms. The zero-order valence-electron chi connectivity index (χ0n) is 17.5. The highest BCUT2D eigenvalue weighted by molar-refractivity contribution is 5.70. The van der Waals surface area contributed by atoms with Gasteiger partial charge in [0, 0.05) is 19.2 Å². The average Bonchev–Trinajstić information content (AvgIpc) is 2.75. The van der Waals surface area contributed by atoms with Gasteiger partial charge in [-0.3, -0.25) is 0 Å². The minimum Gasteiger partial charge on any atom is -0.493 e. The topological polar surface area (TPSA) is 21.7 Å². The van der Waals surface area contributed by atoms with E-state index in [1.54, 1.807) is 0 Å². The minimum atomic E-state index is 0.323. The van der Waals surface area contributed by atoms with Gasteiger partial charge >= 0.3 is 0 Å². The predicted molar refractivity (Wildman–Crippen MR) is 117 cm³/mol. The lowest BCUT2D eigenvalue weighted by atomic mass is 9.90. The molecule has 2 unspecified atom stereocenters. The molecule has 3 heteroatoms. The van der Waals surface area contributed by atoms with E-state index in [4.69, 9.17) is 9.47 Å². The highest BCUT2D eigenvalue weighted by Gasteiger charge is 2.28. The Hall–Kier alpha value is -1.84. The van der Waals surface area contributed by atoms with Gasteiger partial charge in [0.05, 0.1) is 12.7 Å². The summed E-state index contributed by atoms with van der Waals surface area (Å²) >= 11 is 0. The van der Waals surface area contributed by atoms with Gasteiger partial charge in [-0.1, -0.05) is 68.3 Å². The minimum absolute atomic E-state index is 0.323. The quantitative estimate of drug-likeness (QED) is 0.496. The normalized spacial score (nSPS) is 20.2. The van der Waals surface area contributed by atoms with Gasteiger partial charge in [0.1, 0.15) is 5.75 Å². The second-order valence-electron chi connectivity index (χ2n) is 7.83. The van der Waals surface area contributed by atoms with Crippen LogP contribution in [0.3, 0.4) is 0 Å². The summed E-state index contributed by atoms with van der Waals surface area (Å²) < 4.78 is 12.1. The first-order valence-electron chi connectivity index (χ1n) is 10.8. The van der Waals surface area contributed by atoms with Crippen LogP contribution in [-0.4, -0.2) is 44.4 Å². The number of para-hydroxylation sites is 1. The molecule has 1 saturated heterocycles. The molecule has 3 nitrogen and oxygen atoms in total. The molecule has 0 bridgehead atoms.